The average Bonchev–Trinajstić information content (AvgIpc) is 2.76. The molecule has 2 aliphatic carbocycles. The minimum atomic E-state index is -4.42. The van der Waals surface area contributed by atoms with Gasteiger partial charge in [0.15, 0.2) is 0 Å². The number of hydrogen-bond acceptors (Lipinski definition) is 0. The van der Waals surface area contributed by atoms with E-state index in [0.717, 1.165) is 48.7 Å². The summed E-state index contributed by atoms with van der Waals surface area (Å²) in [5.41, 5.74) is 0.923. The zero-order valence-electron chi connectivity index (χ0n) is 18.5. The van der Waals surface area contributed by atoms with E-state index in [1.54, 1.807) is 6.07 Å². The van der Waals surface area contributed by atoms with Crippen LogP contribution in [0.1, 0.15) is 94.1 Å². The SMILES string of the molecule is C=CCCC1CCC(CCC2CCC(c3ccc(C=CC(F)(F)F)c(F)c3)CC2)CC1. The van der Waals surface area contributed by atoms with Crippen molar-refractivity contribution in [1.29, 1.82) is 0 Å². The van der Waals surface area contributed by atoms with Crippen molar-refractivity contribution in [3.63, 3.8) is 0 Å². The van der Waals surface area contributed by atoms with Crippen molar-refractivity contribution in [3.05, 3.63) is 53.9 Å². The van der Waals surface area contributed by atoms with Crippen molar-refractivity contribution < 1.29 is 17.6 Å². The number of rotatable bonds is 8. The fourth-order valence-electron chi connectivity index (χ4n) is 5.54. The highest BCUT2D eigenvalue weighted by Gasteiger charge is 2.26. The van der Waals surface area contributed by atoms with E-state index in [0.29, 0.717) is 5.92 Å². The molecule has 0 radical (unpaired) electrons. The molecule has 0 aliphatic heterocycles. The van der Waals surface area contributed by atoms with Crippen molar-refractivity contribution in [2.75, 3.05) is 0 Å². The summed E-state index contributed by atoms with van der Waals surface area (Å²) in [5.74, 6) is 2.33. The van der Waals surface area contributed by atoms with E-state index in [4.69, 9.17) is 0 Å². The van der Waals surface area contributed by atoms with E-state index >= 15 is 0 Å². The van der Waals surface area contributed by atoms with Crippen LogP contribution in [0.5, 0.6) is 0 Å². The Labute approximate surface area is 184 Å². The fraction of sp³-hybridized carbons (Fsp3) is 0.630. The lowest BCUT2D eigenvalue weighted by Gasteiger charge is -2.32. The molecule has 0 unspecified atom stereocenters. The monoisotopic (exact) mass is 436 g/mol. The first-order chi connectivity index (χ1) is 14.8. The third-order valence-corrected chi connectivity index (χ3v) is 7.52. The molecule has 172 valence electrons. The first-order valence-corrected chi connectivity index (χ1v) is 12.0. The molecular weight excluding hydrogens is 400 g/mol. The molecule has 0 atom stereocenters. The van der Waals surface area contributed by atoms with Crippen LogP contribution in [0.25, 0.3) is 6.08 Å². The van der Waals surface area contributed by atoms with Gasteiger partial charge in [-0.3, -0.25) is 0 Å². The van der Waals surface area contributed by atoms with Crippen LogP contribution in [-0.2, 0) is 0 Å². The molecule has 31 heavy (non-hydrogen) atoms. The molecule has 0 amide bonds. The Kier molecular flexibility index (Phi) is 8.80. The van der Waals surface area contributed by atoms with Crippen molar-refractivity contribution >= 4 is 6.08 Å². The van der Waals surface area contributed by atoms with E-state index in [1.165, 1.54) is 69.9 Å². The van der Waals surface area contributed by atoms with Crippen LogP contribution < -0.4 is 0 Å². The molecule has 0 nitrogen and oxygen atoms in total. The van der Waals surface area contributed by atoms with Crippen molar-refractivity contribution in [1.82, 2.24) is 0 Å². The lowest BCUT2D eigenvalue weighted by atomic mass is 9.74. The maximum atomic E-state index is 14.3. The summed E-state index contributed by atoms with van der Waals surface area (Å²) in [4.78, 5) is 0. The Hall–Kier alpha value is -1.58. The Morgan fingerprint density at radius 1 is 0.839 bits per heavy atom. The normalized spacial score (nSPS) is 27.5. The standard InChI is InChI=1S/C27H36F4/c1-2-3-4-20-5-7-21(8-6-20)9-10-22-11-13-23(14-12-22)25-16-15-24(26(28)19-25)17-18-27(29,30)31/h2,15-23H,1,3-14H2. The van der Waals surface area contributed by atoms with Gasteiger partial charge in [-0.05, 0) is 79.9 Å². The highest BCUT2D eigenvalue weighted by Crippen LogP contribution is 2.40. The van der Waals surface area contributed by atoms with E-state index < -0.39 is 12.0 Å². The van der Waals surface area contributed by atoms with Gasteiger partial charge in [-0.2, -0.15) is 13.2 Å². The molecule has 2 aliphatic rings. The van der Waals surface area contributed by atoms with Crippen LogP contribution in [0.15, 0.2) is 36.9 Å². The number of allylic oxidation sites excluding steroid dienone is 2. The van der Waals surface area contributed by atoms with Gasteiger partial charge >= 0.3 is 6.18 Å². The van der Waals surface area contributed by atoms with Gasteiger partial charge in [-0.25, -0.2) is 4.39 Å². The van der Waals surface area contributed by atoms with Crippen LogP contribution in [0.2, 0.25) is 0 Å². The van der Waals surface area contributed by atoms with Crippen LogP contribution in [0, 0.1) is 23.6 Å². The fourth-order valence-corrected chi connectivity index (χ4v) is 5.54. The van der Waals surface area contributed by atoms with Crippen LogP contribution in [-0.4, -0.2) is 6.18 Å². The predicted octanol–water partition coefficient (Wildman–Crippen LogP) is 9.23. The molecule has 0 bridgehead atoms. The van der Waals surface area contributed by atoms with Gasteiger partial charge in [0.2, 0.25) is 0 Å². The summed E-state index contributed by atoms with van der Waals surface area (Å²) in [6.07, 6.45) is 13.6. The molecule has 3 rings (SSSR count). The summed E-state index contributed by atoms with van der Waals surface area (Å²) < 4.78 is 51.2. The van der Waals surface area contributed by atoms with Crippen LogP contribution in [0.3, 0.4) is 0 Å². The number of halogens is 4. The number of alkyl halides is 3. The van der Waals surface area contributed by atoms with Crippen molar-refractivity contribution in [2.45, 2.75) is 89.1 Å². The highest BCUT2D eigenvalue weighted by molar-refractivity contribution is 5.51. The van der Waals surface area contributed by atoms with E-state index in [2.05, 4.69) is 6.58 Å². The third kappa shape index (κ3) is 7.80. The van der Waals surface area contributed by atoms with Gasteiger partial charge in [0, 0.05) is 11.6 Å². The second-order valence-electron chi connectivity index (χ2n) is 9.70. The minimum absolute atomic E-state index is 0.00558. The van der Waals surface area contributed by atoms with Gasteiger partial charge in [-0.1, -0.05) is 56.7 Å². The lowest BCUT2D eigenvalue weighted by Crippen LogP contribution is -2.17. The summed E-state index contributed by atoms with van der Waals surface area (Å²) in [6.45, 7) is 3.83. The summed E-state index contributed by atoms with van der Waals surface area (Å²) in [7, 11) is 0. The predicted molar refractivity (Wildman–Crippen MR) is 120 cm³/mol. The van der Waals surface area contributed by atoms with E-state index in [9.17, 15) is 17.6 Å². The largest absolute Gasteiger partial charge is 0.409 e. The van der Waals surface area contributed by atoms with E-state index in [1.807, 2.05) is 6.08 Å². The van der Waals surface area contributed by atoms with Gasteiger partial charge in [-0.15, -0.1) is 6.58 Å². The van der Waals surface area contributed by atoms with Gasteiger partial charge in [0.25, 0.3) is 0 Å². The lowest BCUT2D eigenvalue weighted by molar-refractivity contribution is -0.0790. The second kappa shape index (κ2) is 11.3. The quantitative estimate of drug-likeness (QED) is 0.281. The van der Waals surface area contributed by atoms with Gasteiger partial charge in [0.05, 0.1) is 0 Å². The first-order valence-electron chi connectivity index (χ1n) is 12.0. The number of benzene rings is 1. The first kappa shape index (κ1) is 24.1. The summed E-state index contributed by atoms with van der Waals surface area (Å²) >= 11 is 0. The topological polar surface area (TPSA) is 0 Å². The molecule has 4 heteroatoms. The zero-order chi connectivity index (χ0) is 22.3. The third-order valence-electron chi connectivity index (χ3n) is 7.52. The molecule has 0 N–H and O–H groups in total. The minimum Gasteiger partial charge on any atom is -0.206 e. The Balaban J connectivity index is 1.40. The van der Waals surface area contributed by atoms with Crippen molar-refractivity contribution in [2.24, 2.45) is 17.8 Å². The summed E-state index contributed by atoms with van der Waals surface area (Å²) in [6, 6.07) is 4.71. The van der Waals surface area contributed by atoms with Gasteiger partial charge in [0.1, 0.15) is 5.82 Å². The molecule has 2 saturated carbocycles. The molecule has 0 spiro atoms. The molecule has 1 aromatic carbocycles. The molecule has 0 aromatic heterocycles. The maximum absolute atomic E-state index is 14.3. The Morgan fingerprint density at radius 3 is 1.90 bits per heavy atom. The van der Waals surface area contributed by atoms with E-state index in [-0.39, 0.29) is 11.6 Å². The smallest absolute Gasteiger partial charge is 0.206 e. The van der Waals surface area contributed by atoms with Crippen LogP contribution >= 0.6 is 0 Å². The second-order valence-corrected chi connectivity index (χ2v) is 9.70. The Bertz CT molecular complexity index is 717. The highest BCUT2D eigenvalue weighted by atomic mass is 19.4. The molecule has 0 heterocycles. The maximum Gasteiger partial charge on any atom is 0.409 e. The molecular formula is C27H36F4. The molecule has 1 aromatic rings. The average molecular weight is 437 g/mol. The van der Waals surface area contributed by atoms with Crippen LogP contribution in [0.4, 0.5) is 17.6 Å². The zero-order valence-corrected chi connectivity index (χ0v) is 18.5. The summed E-state index contributed by atoms with van der Waals surface area (Å²) in [5, 5.41) is 0. The van der Waals surface area contributed by atoms with Crippen molar-refractivity contribution in [3.8, 4) is 0 Å². The molecule has 2 fully saturated rings. The van der Waals surface area contributed by atoms with Gasteiger partial charge < -0.3 is 0 Å². The number of hydrogen-bond donors (Lipinski definition) is 0. The Morgan fingerprint density at radius 2 is 1.39 bits per heavy atom. The molecule has 0 saturated heterocycles.